The summed E-state index contributed by atoms with van der Waals surface area (Å²) in [6, 6.07) is 16.2. The van der Waals surface area contributed by atoms with E-state index >= 15 is 0 Å². The quantitative estimate of drug-likeness (QED) is 0.668. The van der Waals surface area contributed by atoms with Gasteiger partial charge < -0.3 is 5.32 Å². The lowest BCUT2D eigenvalue weighted by Gasteiger charge is -2.30. The lowest BCUT2D eigenvalue weighted by Crippen LogP contribution is -2.33. The van der Waals surface area contributed by atoms with E-state index in [0.717, 1.165) is 31.1 Å². The Bertz CT molecular complexity index is 1010. The Labute approximate surface area is 176 Å². The molecule has 0 unspecified atom stereocenters. The number of hydrogen-bond acceptors (Lipinski definition) is 3. The van der Waals surface area contributed by atoms with Gasteiger partial charge in [0.2, 0.25) is 0 Å². The fourth-order valence-electron chi connectivity index (χ4n) is 3.83. The highest BCUT2D eigenvalue weighted by atomic mass is 19.1. The molecule has 1 aliphatic rings. The van der Waals surface area contributed by atoms with Gasteiger partial charge in [0.15, 0.2) is 5.69 Å². The molecule has 156 valence electrons. The maximum Gasteiger partial charge on any atom is 0.272 e. The molecule has 30 heavy (non-hydrogen) atoms. The molecule has 1 N–H and O–H groups in total. The molecule has 1 amide bonds. The summed E-state index contributed by atoms with van der Waals surface area (Å²) < 4.78 is 15.3. The van der Waals surface area contributed by atoms with E-state index in [4.69, 9.17) is 0 Å². The summed E-state index contributed by atoms with van der Waals surface area (Å²) in [5, 5.41) is 7.19. The summed E-state index contributed by atoms with van der Waals surface area (Å²) >= 11 is 0. The van der Waals surface area contributed by atoms with E-state index in [9.17, 15) is 9.18 Å². The highest BCUT2D eigenvalue weighted by Gasteiger charge is 2.17. The maximum absolute atomic E-state index is 13.9. The van der Waals surface area contributed by atoms with Crippen LogP contribution >= 0.6 is 0 Å². The van der Waals surface area contributed by atoms with Crippen LogP contribution in [0.25, 0.3) is 5.69 Å². The molecule has 4 rings (SSSR count). The first-order valence-corrected chi connectivity index (χ1v) is 10.5. The second kappa shape index (κ2) is 9.22. The number of carbonyl (C=O) groups is 1. The van der Waals surface area contributed by atoms with Crippen molar-refractivity contribution in [2.45, 2.75) is 32.9 Å². The number of carbonyl (C=O) groups excluding carboxylic acids is 1. The summed E-state index contributed by atoms with van der Waals surface area (Å²) in [6.45, 7) is 5.89. The highest BCUT2D eigenvalue weighted by molar-refractivity contribution is 5.92. The van der Waals surface area contributed by atoms with Crippen LogP contribution in [0.4, 0.5) is 4.39 Å². The Hall–Kier alpha value is -2.99. The van der Waals surface area contributed by atoms with Crippen molar-refractivity contribution in [2.24, 2.45) is 5.92 Å². The van der Waals surface area contributed by atoms with Crippen molar-refractivity contribution in [2.75, 3.05) is 13.1 Å². The van der Waals surface area contributed by atoms with Gasteiger partial charge in [-0.25, -0.2) is 9.07 Å². The molecule has 3 aromatic rings. The van der Waals surface area contributed by atoms with Crippen molar-refractivity contribution in [3.8, 4) is 5.69 Å². The van der Waals surface area contributed by atoms with Gasteiger partial charge in [0.25, 0.3) is 5.91 Å². The second-order valence-electron chi connectivity index (χ2n) is 8.01. The number of rotatable bonds is 6. The Morgan fingerprint density at radius 1 is 1.07 bits per heavy atom. The van der Waals surface area contributed by atoms with E-state index in [-0.39, 0.29) is 17.4 Å². The molecule has 0 aliphatic carbocycles. The number of likely N-dealkylation sites (tertiary alicyclic amines) is 1. The number of piperidine rings is 1. The minimum absolute atomic E-state index is 0.265. The van der Waals surface area contributed by atoms with Gasteiger partial charge in [0, 0.05) is 19.3 Å². The molecule has 0 radical (unpaired) electrons. The molecule has 0 bridgehead atoms. The fraction of sp³-hybridized carbons (Fsp3) is 0.333. The van der Waals surface area contributed by atoms with Crippen molar-refractivity contribution >= 4 is 5.91 Å². The minimum atomic E-state index is -0.381. The third-order valence-corrected chi connectivity index (χ3v) is 5.75. The van der Waals surface area contributed by atoms with Crippen LogP contribution in [0, 0.1) is 11.7 Å². The van der Waals surface area contributed by atoms with Crippen molar-refractivity contribution in [1.82, 2.24) is 20.0 Å². The molecule has 2 heterocycles. The largest absolute Gasteiger partial charge is 0.347 e. The molecular formula is C24H27FN4O. The van der Waals surface area contributed by atoms with E-state index in [0.29, 0.717) is 12.2 Å². The molecule has 0 atom stereocenters. The summed E-state index contributed by atoms with van der Waals surface area (Å²) in [7, 11) is 0. The van der Waals surface area contributed by atoms with Crippen molar-refractivity contribution in [3.05, 3.63) is 83.4 Å². The molecule has 0 saturated carbocycles. The zero-order valence-electron chi connectivity index (χ0n) is 17.2. The van der Waals surface area contributed by atoms with Crippen LogP contribution in [0.15, 0.2) is 60.8 Å². The molecule has 1 aliphatic heterocycles. The Morgan fingerprint density at radius 3 is 2.53 bits per heavy atom. The normalized spacial score (nSPS) is 15.3. The van der Waals surface area contributed by atoms with Crippen LogP contribution in [-0.4, -0.2) is 33.7 Å². The third-order valence-electron chi connectivity index (χ3n) is 5.75. The molecule has 1 aromatic heterocycles. The summed E-state index contributed by atoms with van der Waals surface area (Å²) in [5.74, 6) is 0.153. The number of aromatic nitrogens is 2. The van der Waals surface area contributed by atoms with Gasteiger partial charge >= 0.3 is 0 Å². The van der Waals surface area contributed by atoms with Crippen LogP contribution < -0.4 is 5.32 Å². The van der Waals surface area contributed by atoms with Crippen LogP contribution in [0.3, 0.4) is 0 Å². The zero-order chi connectivity index (χ0) is 20.9. The average molecular weight is 407 g/mol. The summed E-state index contributed by atoms with van der Waals surface area (Å²) in [4.78, 5) is 15.1. The predicted molar refractivity (Wildman–Crippen MR) is 115 cm³/mol. The molecule has 6 heteroatoms. The van der Waals surface area contributed by atoms with Gasteiger partial charge in [-0.3, -0.25) is 9.69 Å². The van der Waals surface area contributed by atoms with Crippen molar-refractivity contribution in [3.63, 3.8) is 0 Å². The lowest BCUT2D eigenvalue weighted by atomic mass is 9.98. The van der Waals surface area contributed by atoms with E-state index in [1.807, 2.05) is 12.1 Å². The number of nitrogens with one attached hydrogen (secondary N) is 1. The van der Waals surface area contributed by atoms with Gasteiger partial charge in [-0.1, -0.05) is 43.3 Å². The van der Waals surface area contributed by atoms with Crippen LogP contribution in [0.5, 0.6) is 0 Å². The van der Waals surface area contributed by atoms with Crippen molar-refractivity contribution in [1.29, 1.82) is 0 Å². The molecule has 1 saturated heterocycles. The number of hydrogen-bond donors (Lipinski definition) is 1. The lowest BCUT2D eigenvalue weighted by molar-refractivity contribution is 0.0945. The summed E-state index contributed by atoms with van der Waals surface area (Å²) in [5.41, 5.74) is 2.93. The highest BCUT2D eigenvalue weighted by Crippen LogP contribution is 2.20. The molecule has 5 nitrogen and oxygen atoms in total. The number of nitrogens with zero attached hydrogens (tertiary/aromatic N) is 3. The fourth-order valence-corrected chi connectivity index (χ4v) is 3.83. The van der Waals surface area contributed by atoms with Gasteiger partial charge in [-0.2, -0.15) is 5.10 Å². The van der Waals surface area contributed by atoms with Gasteiger partial charge in [-0.05, 0) is 61.2 Å². The smallest absolute Gasteiger partial charge is 0.272 e. The number of para-hydroxylation sites is 1. The predicted octanol–water partition coefficient (Wildman–Crippen LogP) is 4.17. The second-order valence-corrected chi connectivity index (χ2v) is 8.01. The van der Waals surface area contributed by atoms with E-state index in [1.165, 1.54) is 29.2 Å². The van der Waals surface area contributed by atoms with E-state index in [2.05, 4.69) is 34.4 Å². The zero-order valence-corrected chi connectivity index (χ0v) is 17.2. The maximum atomic E-state index is 13.9. The number of benzene rings is 2. The Kier molecular flexibility index (Phi) is 6.23. The van der Waals surface area contributed by atoms with Gasteiger partial charge in [0.05, 0.1) is 0 Å². The molecule has 2 aromatic carbocycles. The first kappa shape index (κ1) is 20.3. The topological polar surface area (TPSA) is 50.2 Å². The van der Waals surface area contributed by atoms with Gasteiger partial charge in [0.1, 0.15) is 11.5 Å². The van der Waals surface area contributed by atoms with Gasteiger partial charge in [-0.15, -0.1) is 0 Å². The molecule has 1 fully saturated rings. The van der Waals surface area contributed by atoms with Crippen LogP contribution in [0.1, 0.15) is 41.4 Å². The molecule has 0 spiro atoms. The molecular weight excluding hydrogens is 379 g/mol. The van der Waals surface area contributed by atoms with Crippen LogP contribution in [-0.2, 0) is 13.1 Å². The Morgan fingerprint density at radius 2 is 1.77 bits per heavy atom. The van der Waals surface area contributed by atoms with E-state index in [1.54, 1.807) is 30.5 Å². The van der Waals surface area contributed by atoms with Crippen molar-refractivity contribution < 1.29 is 9.18 Å². The SMILES string of the molecule is CC1CCN(Cc2ccccc2CNC(=O)c2ccn(-c3ccccc3F)n2)CC1. The first-order valence-electron chi connectivity index (χ1n) is 10.5. The minimum Gasteiger partial charge on any atom is -0.347 e. The monoisotopic (exact) mass is 406 g/mol. The summed E-state index contributed by atoms with van der Waals surface area (Å²) in [6.07, 6.45) is 4.08. The number of halogens is 1. The first-order chi connectivity index (χ1) is 14.6. The standard InChI is InChI=1S/C24H27FN4O/c1-18-10-13-28(14-11-18)17-20-7-3-2-6-19(20)16-26-24(30)22-12-15-29(27-22)23-9-5-4-8-21(23)25/h2-9,12,15,18H,10-11,13-14,16-17H2,1H3,(H,26,30). The average Bonchev–Trinajstić information content (AvgIpc) is 3.25. The van der Waals surface area contributed by atoms with E-state index < -0.39 is 0 Å². The third kappa shape index (κ3) is 4.76. The van der Waals surface area contributed by atoms with Crippen LogP contribution in [0.2, 0.25) is 0 Å². The Balaban J connectivity index is 1.39. The number of amides is 1.